The van der Waals surface area contributed by atoms with E-state index in [4.69, 9.17) is 9.47 Å². The zero-order valence-corrected chi connectivity index (χ0v) is 13.6. The second-order valence-electron chi connectivity index (χ2n) is 6.19. The van der Waals surface area contributed by atoms with E-state index in [1.807, 2.05) is 6.92 Å². The lowest BCUT2D eigenvalue weighted by atomic mass is 10.1. The van der Waals surface area contributed by atoms with Crippen LogP contribution in [-0.4, -0.2) is 36.8 Å². The van der Waals surface area contributed by atoms with Gasteiger partial charge < -0.3 is 19.4 Å². The van der Waals surface area contributed by atoms with Crippen molar-refractivity contribution in [2.45, 2.75) is 39.2 Å². The molecule has 6 nitrogen and oxygen atoms in total. The van der Waals surface area contributed by atoms with E-state index in [-0.39, 0.29) is 11.5 Å². The van der Waals surface area contributed by atoms with Gasteiger partial charge in [-0.1, -0.05) is 6.92 Å². The summed E-state index contributed by atoms with van der Waals surface area (Å²) in [6.45, 7) is 4.67. The Morgan fingerprint density at radius 3 is 3.00 bits per heavy atom. The summed E-state index contributed by atoms with van der Waals surface area (Å²) >= 11 is 0. The lowest BCUT2D eigenvalue weighted by molar-refractivity contribution is 0.0947. The van der Waals surface area contributed by atoms with Gasteiger partial charge in [-0.05, 0) is 25.2 Å². The average Bonchev–Trinajstić information content (AvgIpc) is 3.37. The number of hydrogen-bond acceptors (Lipinski definition) is 4. The fraction of sp³-hybridized carbons (Fsp3) is 0.647. The number of nitrogens with one attached hydrogen (secondary N) is 1. The highest BCUT2D eigenvalue weighted by Crippen LogP contribution is 2.31. The quantitative estimate of drug-likeness (QED) is 0.859. The molecule has 2 heterocycles. The Morgan fingerprint density at radius 2 is 2.26 bits per heavy atom. The Balaban J connectivity index is 1.98. The molecule has 0 radical (unpaired) electrons. The molecule has 1 aliphatic heterocycles. The highest BCUT2D eigenvalue weighted by atomic mass is 16.5. The summed E-state index contributed by atoms with van der Waals surface area (Å²) in [4.78, 5) is 25.0. The van der Waals surface area contributed by atoms with Crippen LogP contribution < -0.4 is 15.6 Å². The summed E-state index contributed by atoms with van der Waals surface area (Å²) < 4.78 is 12.9. The molecule has 6 heteroatoms. The second kappa shape index (κ2) is 7.17. The molecule has 0 saturated heterocycles. The molecule has 0 aromatic carbocycles. The molecule has 1 aromatic heterocycles. The SMILES string of the molecule is CCCNC(=O)c1c(OCC2CC2)cc(=O)n2c1CCOCC2. The molecule has 0 spiro atoms. The minimum atomic E-state index is -0.164. The van der Waals surface area contributed by atoms with Crippen molar-refractivity contribution in [1.29, 1.82) is 0 Å². The van der Waals surface area contributed by atoms with E-state index in [2.05, 4.69) is 5.32 Å². The molecule has 1 saturated carbocycles. The lowest BCUT2D eigenvalue weighted by Crippen LogP contribution is -2.32. The van der Waals surface area contributed by atoms with E-state index in [9.17, 15) is 9.59 Å². The first-order valence-corrected chi connectivity index (χ1v) is 8.46. The normalized spacial score (nSPS) is 17.3. The third-order valence-corrected chi connectivity index (χ3v) is 4.26. The molecule has 0 atom stereocenters. The highest BCUT2D eigenvalue weighted by Gasteiger charge is 2.26. The minimum Gasteiger partial charge on any atom is -0.492 e. The molecule has 126 valence electrons. The van der Waals surface area contributed by atoms with Crippen LogP contribution in [0.1, 0.15) is 42.2 Å². The minimum absolute atomic E-state index is 0.122. The second-order valence-corrected chi connectivity index (χ2v) is 6.19. The van der Waals surface area contributed by atoms with E-state index < -0.39 is 0 Å². The maximum absolute atomic E-state index is 12.6. The molecule has 1 fully saturated rings. The molecule has 3 rings (SSSR count). The summed E-state index contributed by atoms with van der Waals surface area (Å²) in [6, 6.07) is 1.46. The topological polar surface area (TPSA) is 69.6 Å². The van der Waals surface area contributed by atoms with Gasteiger partial charge in [0.25, 0.3) is 11.5 Å². The van der Waals surface area contributed by atoms with Crippen LogP contribution in [0, 0.1) is 5.92 Å². The third kappa shape index (κ3) is 3.75. The molecular formula is C17H24N2O4. The van der Waals surface area contributed by atoms with Crippen molar-refractivity contribution in [2.75, 3.05) is 26.4 Å². The van der Waals surface area contributed by atoms with Gasteiger partial charge in [-0.25, -0.2) is 0 Å². The molecule has 1 N–H and O–H groups in total. The number of amides is 1. The molecule has 0 unspecified atom stereocenters. The van der Waals surface area contributed by atoms with Gasteiger partial charge in [0.15, 0.2) is 0 Å². The first-order chi connectivity index (χ1) is 11.2. The lowest BCUT2D eigenvalue weighted by Gasteiger charge is -2.18. The van der Waals surface area contributed by atoms with Gasteiger partial charge in [0.1, 0.15) is 11.3 Å². The van der Waals surface area contributed by atoms with E-state index in [1.54, 1.807) is 4.57 Å². The molecule has 2 aliphatic rings. The number of hydrogen-bond donors (Lipinski definition) is 1. The fourth-order valence-electron chi connectivity index (χ4n) is 2.78. The first kappa shape index (κ1) is 16.1. The summed E-state index contributed by atoms with van der Waals surface area (Å²) in [6.07, 6.45) is 3.73. The van der Waals surface area contributed by atoms with Gasteiger partial charge in [0, 0.05) is 31.3 Å². The number of carbonyl (C=O) groups is 1. The highest BCUT2D eigenvalue weighted by molar-refractivity contribution is 5.98. The van der Waals surface area contributed by atoms with Crippen molar-refractivity contribution in [1.82, 2.24) is 9.88 Å². The Hall–Kier alpha value is -1.82. The first-order valence-electron chi connectivity index (χ1n) is 8.46. The zero-order valence-electron chi connectivity index (χ0n) is 13.6. The van der Waals surface area contributed by atoms with Gasteiger partial charge >= 0.3 is 0 Å². The Labute approximate surface area is 135 Å². The van der Waals surface area contributed by atoms with Gasteiger partial charge in [0.2, 0.25) is 0 Å². The summed E-state index contributed by atoms with van der Waals surface area (Å²) in [5.74, 6) is 0.818. The molecule has 1 aromatic rings. The molecular weight excluding hydrogens is 296 g/mol. The fourth-order valence-corrected chi connectivity index (χ4v) is 2.78. The number of ether oxygens (including phenoxy) is 2. The Kier molecular flexibility index (Phi) is 5.00. The van der Waals surface area contributed by atoms with E-state index in [0.29, 0.717) is 56.6 Å². The van der Waals surface area contributed by atoms with Crippen LogP contribution in [0.2, 0.25) is 0 Å². The largest absolute Gasteiger partial charge is 0.492 e. The van der Waals surface area contributed by atoms with Crippen LogP contribution in [0.15, 0.2) is 10.9 Å². The molecule has 1 amide bonds. The predicted molar refractivity (Wildman–Crippen MR) is 86.1 cm³/mol. The Morgan fingerprint density at radius 1 is 1.43 bits per heavy atom. The molecule has 23 heavy (non-hydrogen) atoms. The van der Waals surface area contributed by atoms with Crippen molar-refractivity contribution in [3.63, 3.8) is 0 Å². The van der Waals surface area contributed by atoms with Crippen LogP contribution in [0.4, 0.5) is 0 Å². The van der Waals surface area contributed by atoms with Gasteiger partial charge in [-0.15, -0.1) is 0 Å². The monoisotopic (exact) mass is 320 g/mol. The van der Waals surface area contributed by atoms with Crippen LogP contribution in [-0.2, 0) is 17.7 Å². The number of fused-ring (bicyclic) bond motifs is 1. The molecule has 1 aliphatic carbocycles. The maximum atomic E-state index is 12.6. The average molecular weight is 320 g/mol. The van der Waals surface area contributed by atoms with E-state index >= 15 is 0 Å². The molecule has 0 bridgehead atoms. The van der Waals surface area contributed by atoms with Gasteiger partial charge in [0.05, 0.1) is 19.8 Å². The number of aromatic nitrogens is 1. The van der Waals surface area contributed by atoms with Crippen LogP contribution in [0.25, 0.3) is 0 Å². The smallest absolute Gasteiger partial charge is 0.256 e. The van der Waals surface area contributed by atoms with Gasteiger partial charge in [-0.2, -0.15) is 0 Å². The maximum Gasteiger partial charge on any atom is 0.256 e. The van der Waals surface area contributed by atoms with Crippen LogP contribution in [0.5, 0.6) is 5.75 Å². The van der Waals surface area contributed by atoms with Crippen LogP contribution >= 0.6 is 0 Å². The van der Waals surface area contributed by atoms with E-state index in [1.165, 1.54) is 6.07 Å². The van der Waals surface area contributed by atoms with Crippen molar-refractivity contribution in [2.24, 2.45) is 5.92 Å². The van der Waals surface area contributed by atoms with Crippen LogP contribution in [0.3, 0.4) is 0 Å². The zero-order chi connectivity index (χ0) is 16.2. The third-order valence-electron chi connectivity index (χ3n) is 4.26. The van der Waals surface area contributed by atoms with E-state index in [0.717, 1.165) is 25.0 Å². The number of carbonyl (C=O) groups excluding carboxylic acids is 1. The van der Waals surface area contributed by atoms with Crippen molar-refractivity contribution in [3.05, 3.63) is 27.7 Å². The summed E-state index contributed by atoms with van der Waals surface area (Å²) in [5, 5.41) is 2.91. The number of rotatable bonds is 6. The number of nitrogens with zero attached hydrogens (tertiary/aromatic N) is 1. The van der Waals surface area contributed by atoms with Crippen molar-refractivity contribution >= 4 is 5.91 Å². The van der Waals surface area contributed by atoms with Gasteiger partial charge in [-0.3, -0.25) is 9.59 Å². The number of pyridine rings is 1. The van der Waals surface area contributed by atoms with Crippen molar-refractivity contribution < 1.29 is 14.3 Å². The summed E-state index contributed by atoms with van der Waals surface area (Å²) in [7, 11) is 0. The standard InChI is InChI=1S/C17H24N2O4/c1-2-6-18-17(21)16-13-5-8-22-9-7-19(13)15(20)10-14(16)23-11-12-3-4-12/h10,12H,2-9,11H2,1H3,(H,18,21). The Bertz CT molecular complexity index is 634. The summed E-state index contributed by atoms with van der Waals surface area (Å²) in [5.41, 5.74) is 1.11. The predicted octanol–water partition coefficient (Wildman–Crippen LogP) is 1.35. The van der Waals surface area contributed by atoms with Crippen molar-refractivity contribution in [3.8, 4) is 5.75 Å².